The second kappa shape index (κ2) is 3.74. The van der Waals surface area contributed by atoms with Gasteiger partial charge in [-0.3, -0.25) is 0 Å². The van der Waals surface area contributed by atoms with Crippen molar-refractivity contribution in [3.63, 3.8) is 0 Å². The highest BCUT2D eigenvalue weighted by atomic mass is 16.5. The molecule has 0 aromatic carbocycles. The van der Waals surface area contributed by atoms with Gasteiger partial charge in [0.05, 0.1) is 6.10 Å². The van der Waals surface area contributed by atoms with Gasteiger partial charge in [0, 0.05) is 6.61 Å². The van der Waals surface area contributed by atoms with Crippen molar-refractivity contribution in [3.05, 3.63) is 12.2 Å². The van der Waals surface area contributed by atoms with E-state index in [2.05, 4.69) is 6.08 Å². The molecule has 58 valence electrons. The molecule has 2 nitrogen and oxygen atoms in total. The minimum Gasteiger partial charge on any atom is -0.390 e. The van der Waals surface area contributed by atoms with Crippen LogP contribution < -0.4 is 0 Å². The molecular weight excluding hydrogens is 128 g/mol. The molecule has 0 saturated carbocycles. The van der Waals surface area contributed by atoms with Gasteiger partial charge in [0.15, 0.2) is 0 Å². The molecule has 0 aromatic heterocycles. The first-order valence-corrected chi connectivity index (χ1v) is 3.81. The minimum absolute atomic E-state index is 0.0567. The summed E-state index contributed by atoms with van der Waals surface area (Å²) < 4.78 is 5.26. The van der Waals surface area contributed by atoms with E-state index in [1.807, 2.05) is 13.0 Å². The molecule has 10 heavy (non-hydrogen) atoms. The van der Waals surface area contributed by atoms with Crippen LogP contribution in [0, 0.1) is 0 Å². The molecule has 0 aromatic rings. The van der Waals surface area contributed by atoms with E-state index in [-0.39, 0.29) is 12.2 Å². The summed E-state index contributed by atoms with van der Waals surface area (Å²) in [5, 5.41) is 9.32. The lowest BCUT2D eigenvalue weighted by Crippen LogP contribution is -2.29. The average molecular weight is 142 g/mol. The molecule has 0 unspecified atom stereocenters. The van der Waals surface area contributed by atoms with Crippen molar-refractivity contribution in [2.24, 2.45) is 0 Å². The van der Waals surface area contributed by atoms with Gasteiger partial charge >= 0.3 is 0 Å². The molecule has 0 bridgehead atoms. The largest absolute Gasteiger partial charge is 0.390 e. The second-order valence-corrected chi connectivity index (χ2v) is 2.49. The maximum atomic E-state index is 9.32. The lowest BCUT2D eigenvalue weighted by atomic mass is 10.0. The fraction of sp³-hybridized carbons (Fsp3) is 0.750. The smallest absolute Gasteiger partial charge is 0.101 e. The van der Waals surface area contributed by atoms with E-state index in [9.17, 15) is 5.11 Å². The first kappa shape index (κ1) is 7.76. The number of hydrogen-bond donors (Lipinski definition) is 1. The zero-order valence-electron chi connectivity index (χ0n) is 6.29. The summed E-state index contributed by atoms with van der Waals surface area (Å²) in [4.78, 5) is 0. The molecule has 0 aliphatic heterocycles. The number of aliphatic hydroxyl groups excluding tert-OH is 1. The summed E-state index contributed by atoms with van der Waals surface area (Å²) in [6.45, 7) is 2.61. The Balaban J connectivity index is 2.39. The Morgan fingerprint density at radius 3 is 3.10 bits per heavy atom. The van der Waals surface area contributed by atoms with Crippen molar-refractivity contribution in [2.75, 3.05) is 6.61 Å². The molecule has 0 heterocycles. The molecule has 0 saturated heterocycles. The fourth-order valence-corrected chi connectivity index (χ4v) is 1.15. The van der Waals surface area contributed by atoms with E-state index in [1.54, 1.807) is 0 Å². The monoisotopic (exact) mass is 142 g/mol. The van der Waals surface area contributed by atoms with Gasteiger partial charge in [0.25, 0.3) is 0 Å². The lowest BCUT2D eigenvalue weighted by Gasteiger charge is -2.22. The summed E-state index contributed by atoms with van der Waals surface area (Å²) in [6.07, 6.45) is 5.47. The van der Waals surface area contributed by atoms with E-state index < -0.39 is 0 Å². The maximum Gasteiger partial charge on any atom is 0.101 e. The second-order valence-electron chi connectivity index (χ2n) is 2.49. The van der Waals surface area contributed by atoms with E-state index in [1.165, 1.54) is 0 Å². The van der Waals surface area contributed by atoms with Crippen molar-refractivity contribution >= 4 is 0 Å². The highest BCUT2D eigenvalue weighted by Gasteiger charge is 2.18. The van der Waals surface area contributed by atoms with Gasteiger partial charge in [-0.2, -0.15) is 0 Å². The molecule has 1 aliphatic carbocycles. The summed E-state index contributed by atoms with van der Waals surface area (Å²) in [5.41, 5.74) is 0. The zero-order chi connectivity index (χ0) is 7.40. The number of allylic oxidation sites excluding steroid dienone is 1. The highest BCUT2D eigenvalue weighted by molar-refractivity contribution is 4.98. The van der Waals surface area contributed by atoms with Crippen LogP contribution in [0.25, 0.3) is 0 Å². The number of ether oxygens (including phenoxy) is 1. The van der Waals surface area contributed by atoms with E-state index in [0.717, 1.165) is 12.8 Å². The van der Waals surface area contributed by atoms with Crippen molar-refractivity contribution in [1.82, 2.24) is 0 Å². The predicted molar refractivity (Wildman–Crippen MR) is 39.8 cm³/mol. The van der Waals surface area contributed by atoms with Gasteiger partial charge in [-0.25, -0.2) is 0 Å². The third kappa shape index (κ3) is 1.82. The van der Waals surface area contributed by atoms with E-state index in [0.29, 0.717) is 6.61 Å². The number of aliphatic hydroxyl groups is 1. The normalized spacial score (nSPS) is 32.6. The highest BCUT2D eigenvalue weighted by Crippen LogP contribution is 2.13. The molecule has 2 atom stereocenters. The number of rotatable bonds is 2. The molecule has 0 spiro atoms. The maximum absolute atomic E-state index is 9.32. The Labute approximate surface area is 61.5 Å². The molecule has 1 N–H and O–H groups in total. The standard InChI is InChI=1S/C8H14O2/c1-2-10-8-6-4-3-5-7(8)9/h4,6-9H,2-3,5H2,1H3/t7-,8-/m1/s1. The predicted octanol–water partition coefficient (Wildman–Crippen LogP) is 1.10. The average Bonchev–Trinajstić information content (AvgIpc) is 1.94. The Bertz CT molecular complexity index is 120. The van der Waals surface area contributed by atoms with Crippen molar-refractivity contribution in [1.29, 1.82) is 0 Å². The van der Waals surface area contributed by atoms with Crippen molar-refractivity contribution < 1.29 is 9.84 Å². The lowest BCUT2D eigenvalue weighted by molar-refractivity contribution is -0.0117. The van der Waals surface area contributed by atoms with Gasteiger partial charge < -0.3 is 9.84 Å². The SMILES string of the molecule is CCO[C@@H]1C=CCC[C@H]1O. The van der Waals surface area contributed by atoms with Crippen LogP contribution in [0.15, 0.2) is 12.2 Å². The fourth-order valence-electron chi connectivity index (χ4n) is 1.15. The van der Waals surface area contributed by atoms with Crippen molar-refractivity contribution in [3.8, 4) is 0 Å². The first-order chi connectivity index (χ1) is 4.84. The third-order valence-electron chi connectivity index (χ3n) is 1.69. The van der Waals surface area contributed by atoms with Crippen LogP contribution in [0.1, 0.15) is 19.8 Å². The van der Waals surface area contributed by atoms with Crippen LogP contribution in [-0.2, 0) is 4.74 Å². The Morgan fingerprint density at radius 2 is 2.50 bits per heavy atom. The molecule has 1 rings (SSSR count). The topological polar surface area (TPSA) is 29.5 Å². The van der Waals surface area contributed by atoms with Gasteiger partial charge in [-0.15, -0.1) is 0 Å². The van der Waals surface area contributed by atoms with Crippen LogP contribution in [-0.4, -0.2) is 23.9 Å². The molecular formula is C8H14O2. The molecule has 0 radical (unpaired) electrons. The molecule has 2 heteroatoms. The molecule has 0 fully saturated rings. The molecule has 0 amide bonds. The summed E-state index contributed by atoms with van der Waals surface area (Å²) >= 11 is 0. The van der Waals surface area contributed by atoms with Gasteiger partial charge in [0.2, 0.25) is 0 Å². The first-order valence-electron chi connectivity index (χ1n) is 3.81. The third-order valence-corrected chi connectivity index (χ3v) is 1.69. The van der Waals surface area contributed by atoms with Gasteiger partial charge in [0.1, 0.15) is 6.10 Å². The van der Waals surface area contributed by atoms with E-state index >= 15 is 0 Å². The summed E-state index contributed by atoms with van der Waals surface area (Å²) in [5.74, 6) is 0. The van der Waals surface area contributed by atoms with Gasteiger partial charge in [-0.05, 0) is 19.8 Å². The van der Waals surface area contributed by atoms with Crippen LogP contribution in [0.4, 0.5) is 0 Å². The van der Waals surface area contributed by atoms with Crippen LogP contribution >= 0.6 is 0 Å². The number of hydrogen-bond acceptors (Lipinski definition) is 2. The summed E-state index contributed by atoms with van der Waals surface area (Å²) in [6, 6.07) is 0. The Morgan fingerprint density at radius 1 is 1.70 bits per heavy atom. The molecule has 1 aliphatic rings. The van der Waals surface area contributed by atoms with E-state index in [4.69, 9.17) is 4.74 Å². The summed E-state index contributed by atoms with van der Waals surface area (Å²) in [7, 11) is 0. The zero-order valence-corrected chi connectivity index (χ0v) is 6.29. The Kier molecular flexibility index (Phi) is 2.90. The van der Waals surface area contributed by atoms with Crippen LogP contribution in [0.2, 0.25) is 0 Å². The minimum atomic E-state index is -0.287. The van der Waals surface area contributed by atoms with Gasteiger partial charge in [-0.1, -0.05) is 12.2 Å². The van der Waals surface area contributed by atoms with Crippen LogP contribution in [0.5, 0.6) is 0 Å². The van der Waals surface area contributed by atoms with Crippen molar-refractivity contribution in [2.45, 2.75) is 32.0 Å². The van der Waals surface area contributed by atoms with Crippen LogP contribution in [0.3, 0.4) is 0 Å². The Hall–Kier alpha value is -0.340. The quantitative estimate of drug-likeness (QED) is 0.585.